The number of hydrogen-bond donors (Lipinski definition) is 5. The maximum Gasteiger partial charge on any atom is 0.326 e. The lowest BCUT2D eigenvalue weighted by atomic mass is 10.0. The van der Waals surface area contributed by atoms with Gasteiger partial charge in [0, 0.05) is 25.5 Å². The fraction of sp³-hybridized carbons (Fsp3) is 0.200. The van der Waals surface area contributed by atoms with Gasteiger partial charge < -0.3 is 21.2 Å². The van der Waals surface area contributed by atoms with Gasteiger partial charge in [0.25, 0.3) is 5.91 Å². The Morgan fingerprint density at radius 3 is 2.55 bits per heavy atom. The molecule has 152 valence electrons. The van der Waals surface area contributed by atoms with Crippen LogP contribution in [0.5, 0.6) is 0 Å². The molecule has 0 aromatic heterocycles. The summed E-state index contributed by atoms with van der Waals surface area (Å²) < 4.78 is 0. The van der Waals surface area contributed by atoms with E-state index in [9.17, 15) is 19.5 Å². The van der Waals surface area contributed by atoms with Gasteiger partial charge in [0.05, 0.1) is 5.69 Å². The van der Waals surface area contributed by atoms with E-state index in [1.807, 2.05) is 6.07 Å². The molecule has 1 atom stereocenters. The van der Waals surface area contributed by atoms with Crippen molar-refractivity contribution in [3.8, 4) is 0 Å². The molecule has 2 amide bonds. The standard InChI is InChI=1S/C20H23N5O4/c1-13(26)25-18(20(28)29)9-14-4-2-5-15(8-14)11-22-19(27)16-6-3-7-17(10-16)23-12-24-21/h2-8,10,12,18H,9,11,21H2,1H3,(H,22,27)(H,23,24)(H,25,26)(H,28,29)/t18-/m0/s1. The molecule has 2 rings (SSSR count). The highest BCUT2D eigenvalue weighted by atomic mass is 16.4. The number of hydrazine groups is 1. The number of aliphatic carboxylic acids is 1. The van der Waals surface area contributed by atoms with Crippen molar-refractivity contribution in [1.29, 1.82) is 0 Å². The van der Waals surface area contributed by atoms with Crippen LogP contribution < -0.4 is 21.9 Å². The fourth-order valence-corrected chi connectivity index (χ4v) is 2.67. The lowest BCUT2D eigenvalue weighted by molar-refractivity contribution is -0.141. The van der Waals surface area contributed by atoms with Crippen LogP contribution in [-0.4, -0.2) is 35.3 Å². The summed E-state index contributed by atoms with van der Waals surface area (Å²) in [4.78, 5) is 38.9. The molecule has 29 heavy (non-hydrogen) atoms. The molecule has 2 aromatic rings. The average Bonchev–Trinajstić information content (AvgIpc) is 2.70. The molecule has 0 fully saturated rings. The summed E-state index contributed by atoms with van der Waals surface area (Å²) >= 11 is 0. The van der Waals surface area contributed by atoms with Crippen molar-refractivity contribution >= 4 is 29.8 Å². The number of carbonyl (C=O) groups is 3. The van der Waals surface area contributed by atoms with Crippen molar-refractivity contribution in [3.05, 3.63) is 65.2 Å². The van der Waals surface area contributed by atoms with Crippen molar-refractivity contribution < 1.29 is 19.5 Å². The Balaban J connectivity index is 2.01. The van der Waals surface area contributed by atoms with Crippen LogP contribution in [0.25, 0.3) is 0 Å². The zero-order valence-electron chi connectivity index (χ0n) is 15.9. The normalized spacial score (nSPS) is 11.7. The average molecular weight is 397 g/mol. The molecule has 0 aliphatic heterocycles. The van der Waals surface area contributed by atoms with Gasteiger partial charge in [-0.1, -0.05) is 30.3 Å². The van der Waals surface area contributed by atoms with E-state index in [1.165, 1.54) is 13.3 Å². The minimum absolute atomic E-state index is 0.145. The number of carbonyl (C=O) groups excluding carboxylic acids is 2. The van der Waals surface area contributed by atoms with E-state index in [4.69, 9.17) is 5.84 Å². The summed E-state index contributed by atoms with van der Waals surface area (Å²) in [7, 11) is 0. The number of hydrogen-bond acceptors (Lipinski definition) is 5. The van der Waals surface area contributed by atoms with E-state index in [0.717, 1.165) is 11.1 Å². The third-order valence-electron chi connectivity index (χ3n) is 3.96. The summed E-state index contributed by atoms with van der Waals surface area (Å²) in [6, 6.07) is 12.9. The van der Waals surface area contributed by atoms with Crippen LogP contribution >= 0.6 is 0 Å². The summed E-state index contributed by atoms with van der Waals surface area (Å²) in [5.41, 5.74) is 4.87. The molecule has 6 N–H and O–H groups in total. The molecular weight excluding hydrogens is 374 g/mol. The molecule has 0 radical (unpaired) electrons. The van der Waals surface area contributed by atoms with Gasteiger partial charge in [0.15, 0.2) is 0 Å². The second-order valence-electron chi connectivity index (χ2n) is 6.27. The van der Waals surface area contributed by atoms with E-state index < -0.39 is 17.9 Å². The van der Waals surface area contributed by atoms with E-state index in [-0.39, 0.29) is 18.9 Å². The first kappa shape index (κ1) is 21.6. The number of nitrogens with two attached hydrogens (primary N) is 1. The summed E-state index contributed by atoms with van der Waals surface area (Å²) in [6.07, 6.45) is 1.46. The molecule has 9 nitrogen and oxygen atoms in total. The molecule has 0 saturated carbocycles. The number of carboxylic acids is 1. The SMILES string of the molecule is CC(=O)N[C@@H](Cc1cccc(CNC(=O)c2cccc(N=CNN)c2)c1)C(=O)O. The molecule has 0 spiro atoms. The number of nitrogens with one attached hydrogen (secondary N) is 3. The van der Waals surface area contributed by atoms with Crippen LogP contribution in [0, 0.1) is 0 Å². The first-order chi connectivity index (χ1) is 13.9. The van der Waals surface area contributed by atoms with Gasteiger partial charge in [0.1, 0.15) is 12.4 Å². The number of amides is 2. The third kappa shape index (κ3) is 7.07. The highest BCUT2D eigenvalue weighted by Gasteiger charge is 2.18. The van der Waals surface area contributed by atoms with Crippen molar-refractivity contribution in [2.45, 2.75) is 25.9 Å². The Bertz CT molecular complexity index is 913. The first-order valence-electron chi connectivity index (χ1n) is 8.83. The predicted molar refractivity (Wildman–Crippen MR) is 108 cm³/mol. The summed E-state index contributed by atoms with van der Waals surface area (Å²) in [6.45, 7) is 1.54. The fourth-order valence-electron chi connectivity index (χ4n) is 2.67. The Morgan fingerprint density at radius 2 is 1.86 bits per heavy atom. The molecule has 0 aliphatic rings. The second kappa shape index (κ2) is 10.6. The zero-order chi connectivity index (χ0) is 21.2. The van der Waals surface area contributed by atoms with E-state index in [2.05, 4.69) is 21.1 Å². The summed E-state index contributed by atoms with van der Waals surface area (Å²) in [5, 5.41) is 14.5. The highest BCUT2D eigenvalue weighted by molar-refractivity contribution is 5.95. The van der Waals surface area contributed by atoms with Gasteiger partial charge in [-0.2, -0.15) is 0 Å². The van der Waals surface area contributed by atoms with Crippen molar-refractivity contribution in [3.63, 3.8) is 0 Å². The lowest BCUT2D eigenvalue weighted by Crippen LogP contribution is -2.41. The number of carboxylic acid groups (broad SMARTS) is 1. The minimum Gasteiger partial charge on any atom is -0.480 e. The number of aliphatic imine (C=N–C) groups is 1. The molecule has 9 heteroatoms. The quantitative estimate of drug-likeness (QED) is 0.184. The van der Waals surface area contributed by atoms with Gasteiger partial charge in [0.2, 0.25) is 5.91 Å². The largest absolute Gasteiger partial charge is 0.480 e. The lowest BCUT2D eigenvalue weighted by Gasteiger charge is -2.14. The van der Waals surface area contributed by atoms with Crippen LogP contribution in [0.15, 0.2) is 53.5 Å². The molecule has 0 aliphatic carbocycles. The Hall–Kier alpha value is -3.72. The predicted octanol–water partition coefficient (Wildman–Crippen LogP) is 0.872. The molecule has 0 bridgehead atoms. The van der Waals surface area contributed by atoms with Crippen molar-refractivity contribution in [2.75, 3.05) is 0 Å². The van der Waals surface area contributed by atoms with Gasteiger partial charge >= 0.3 is 5.97 Å². The molecule has 0 saturated heterocycles. The molecule has 0 heterocycles. The van der Waals surface area contributed by atoms with Crippen molar-refractivity contribution in [1.82, 2.24) is 16.1 Å². The van der Waals surface area contributed by atoms with Crippen LogP contribution in [0.3, 0.4) is 0 Å². The first-order valence-corrected chi connectivity index (χ1v) is 8.83. The van der Waals surface area contributed by atoms with E-state index in [1.54, 1.807) is 42.5 Å². The van der Waals surface area contributed by atoms with E-state index in [0.29, 0.717) is 11.3 Å². The molecule has 2 aromatic carbocycles. The van der Waals surface area contributed by atoms with Crippen LogP contribution in [0.2, 0.25) is 0 Å². The number of nitrogens with zero attached hydrogens (tertiary/aromatic N) is 1. The van der Waals surface area contributed by atoms with E-state index >= 15 is 0 Å². The minimum atomic E-state index is -1.11. The Labute approximate surface area is 168 Å². The Morgan fingerprint density at radius 1 is 1.14 bits per heavy atom. The second-order valence-corrected chi connectivity index (χ2v) is 6.27. The van der Waals surface area contributed by atoms with Gasteiger partial charge in [-0.05, 0) is 29.3 Å². The van der Waals surface area contributed by atoms with Crippen molar-refractivity contribution in [2.24, 2.45) is 10.8 Å². The maximum absolute atomic E-state index is 12.4. The maximum atomic E-state index is 12.4. The van der Waals surface area contributed by atoms with Crippen LogP contribution in [0.1, 0.15) is 28.4 Å². The summed E-state index contributed by atoms with van der Waals surface area (Å²) in [5.74, 6) is 3.36. The molecule has 0 unspecified atom stereocenters. The van der Waals surface area contributed by atoms with Crippen LogP contribution in [0.4, 0.5) is 5.69 Å². The molecular formula is C20H23N5O4. The van der Waals surface area contributed by atoms with Gasteiger partial charge in [-0.3, -0.25) is 9.59 Å². The smallest absolute Gasteiger partial charge is 0.326 e. The Kier molecular flexibility index (Phi) is 7.87. The number of benzene rings is 2. The zero-order valence-corrected chi connectivity index (χ0v) is 15.9. The van der Waals surface area contributed by atoms with Gasteiger partial charge in [-0.25, -0.2) is 15.6 Å². The third-order valence-corrected chi connectivity index (χ3v) is 3.96. The van der Waals surface area contributed by atoms with Crippen LogP contribution in [-0.2, 0) is 22.6 Å². The highest BCUT2D eigenvalue weighted by Crippen LogP contribution is 2.14. The number of rotatable bonds is 9. The van der Waals surface area contributed by atoms with Gasteiger partial charge in [-0.15, -0.1) is 0 Å². The topological polar surface area (TPSA) is 146 Å². The monoisotopic (exact) mass is 397 g/mol.